The third-order valence-corrected chi connectivity index (χ3v) is 11.9. The second-order valence-electron chi connectivity index (χ2n) is 16.2. The minimum absolute atomic E-state index is 0.560. The standard InChI is InChI=1S/C35H60O26/c1-7-13(38)17(42)20(45)32(53-7)58-26-12(5-36)56-35(29(23(26)48)60-31-19(44)16(41)11(37)6-51-31)57-25-10(4)55-34(59-27-15(40)9(3)52-30(50)24(27)49)28(22(25)47)61-33-21(46)18(43)14(39)8(2)54-33/h7-50H,5-6H2,1-4H3/t7-,8-,9-,10-,11-,12-,13+,14-,15-,16+,17+,18+,19-,20-,21-,22+,23+,24-,25-,26-,27+,28-,29-,30-,31+,32+,33+,34+,35+/m1/s1. The van der Waals surface area contributed by atoms with Gasteiger partial charge in [0.2, 0.25) is 0 Å². The molecule has 6 rings (SSSR count). The Kier molecular flexibility index (Phi) is 16.4. The molecule has 0 aromatic rings. The van der Waals surface area contributed by atoms with Crippen molar-refractivity contribution in [3.63, 3.8) is 0 Å². The average molecular weight is 897 g/mol. The van der Waals surface area contributed by atoms with Crippen molar-refractivity contribution in [1.29, 1.82) is 0 Å². The fourth-order valence-corrected chi connectivity index (χ4v) is 8.00. The molecule has 6 fully saturated rings. The van der Waals surface area contributed by atoms with Crippen LogP contribution in [-0.4, -0.2) is 268 Å². The maximum atomic E-state index is 12.0. The molecule has 0 bridgehead atoms. The largest absolute Gasteiger partial charge is 0.394 e. The Morgan fingerprint density at radius 2 is 0.787 bits per heavy atom. The number of aliphatic hydroxyl groups excluding tert-OH is 15. The molecule has 26 heteroatoms. The van der Waals surface area contributed by atoms with Crippen LogP contribution in [0.15, 0.2) is 0 Å². The molecule has 15 N–H and O–H groups in total. The Hall–Kier alpha value is -1.04. The molecular formula is C35H60O26. The number of ether oxygens (including phenoxy) is 11. The molecule has 0 aliphatic carbocycles. The highest BCUT2D eigenvalue weighted by molar-refractivity contribution is 4.99. The fourth-order valence-electron chi connectivity index (χ4n) is 8.00. The quantitative estimate of drug-likeness (QED) is 0.0915. The van der Waals surface area contributed by atoms with Crippen molar-refractivity contribution in [1.82, 2.24) is 0 Å². The predicted octanol–water partition coefficient (Wildman–Crippen LogP) is -9.35. The lowest BCUT2D eigenvalue weighted by Gasteiger charge is -2.51. The molecule has 6 aliphatic rings. The van der Waals surface area contributed by atoms with E-state index in [-0.39, 0.29) is 0 Å². The summed E-state index contributed by atoms with van der Waals surface area (Å²) >= 11 is 0. The van der Waals surface area contributed by atoms with E-state index in [4.69, 9.17) is 52.1 Å². The van der Waals surface area contributed by atoms with Crippen LogP contribution in [0.25, 0.3) is 0 Å². The second-order valence-corrected chi connectivity index (χ2v) is 16.2. The monoisotopic (exact) mass is 896 g/mol. The molecule has 0 saturated carbocycles. The zero-order valence-corrected chi connectivity index (χ0v) is 33.4. The van der Waals surface area contributed by atoms with Crippen molar-refractivity contribution >= 4 is 0 Å². The normalized spacial score (nSPS) is 56.2. The molecule has 0 aromatic carbocycles. The Morgan fingerprint density at radius 3 is 1.34 bits per heavy atom. The van der Waals surface area contributed by atoms with Gasteiger partial charge in [-0.2, -0.15) is 0 Å². The van der Waals surface area contributed by atoms with E-state index in [1.807, 2.05) is 0 Å². The van der Waals surface area contributed by atoms with Crippen molar-refractivity contribution in [2.45, 2.75) is 206 Å². The Balaban J connectivity index is 1.30. The zero-order valence-electron chi connectivity index (χ0n) is 33.4. The van der Waals surface area contributed by atoms with Gasteiger partial charge in [0.25, 0.3) is 0 Å². The summed E-state index contributed by atoms with van der Waals surface area (Å²) in [4.78, 5) is 0. The van der Waals surface area contributed by atoms with Gasteiger partial charge in [-0.25, -0.2) is 0 Å². The van der Waals surface area contributed by atoms with Crippen LogP contribution in [0.4, 0.5) is 0 Å². The molecule has 0 spiro atoms. The highest BCUT2D eigenvalue weighted by Crippen LogP contribution is 2.38. The highest BCUT2D eigenvalue weighted by Gasteiger charge is 2.57. The van der Waals surface area contributed by atoms with Gasteiger partial charge in [-0.05, 0) is 27.7 Å². The van der Waals surface area contributed by atoms with Crippen LogP contribution in [-0.2, 0) is 52.1 Å². The SMILES string of the molecule is C[C@H]1O[C@@H](O[C@H]2[C@H](O)[C@@H](O[C@@H]3OC[C@@H](O)[C@H](O)[C@H]3O)[C@H](O[C@H]3[C@H](O)[C@@H](O[C@@H]4O[C@H](C)[C@@H](O)[C@H](O)[C@H]4O)[C@H](O[C@@H]4[C@@H](O)[C@H](O)O[C@H](C)[C@H]4O)O[C@@H]3C)O[C@@H]2CO)[C@H](O)[C@@H](O)[C@H]1O. The van der Waals surface area contributed by atoms with Crippen LogP contribution in [0.3, 0.4) is 0 Å². The summed E-state index contributed by atoms with van der Waals surface area (Å²) in [6.07, 6.45) is -49.3. The molecule has 26 nitrogen and oxygen atoms in total. The molecule has 0 unspecified atom stereocenters. The summed E-state index contributed by atoms with van der Waals surface area (Å²) in [6.45, 7) is 3.94. The summed E-state index contributed by atoms with van der Waals surface area (Å²) < 4.78 is 63.3. The molecule has 6 saturated heterocycles. The van der Waals surface area contributed by atoms with E-state index < -0.39 is 191 Å². The minimum Gasteiger partial charge on any atom is -0.394 e. The zero-order chi connectivity index (χ0) is 44.9. The fraction of sp³-hybridized carbons (Fsp3) is 1.00. The van der Waals surface area contributed by atoms with Crippen LogP contribution in [0.1, 0.15) is 27.7 Å². The Labute approximate surface area is 347 Å². The van der Waals surface area contributed by atoms with Crippen molar-refractivity contribution in [3.05, 3.63) is 0 Å². The van der Waals surface area contributed by atoms with Crippen LogP contribution >= 0.6 is 0 Å². The molecule has 0 aromatic heterocycles. The molecule has 61 heavy (non-hydrogen) atoms. The van der Waals surface area contributed by atoms with E-state index in [0.717, 1.165) is 0 Å². The minimum atomic E-state index is -2.02. The van der Waals surface area contributed by atoms with Crippen molar-refractivity contribution in [2.75, 3.05) is 13.2 Å². The number of rotatable bonds is 11. The van der Waals surface area contributed by atoms with Crippen LogP contribution in [0, 0.1) is 0 Å². The number of hydrogen-bond donors (Lipinski definition) is 15. The van der Waals surface area contributed by atoms with Gasteiger partial charge >= 0.3 is 0 Å². The maximum absolute atomic E-state index is 12.0. The first-order valence-corrected chi connectivity index (χ1v) is 20.0. The van der Waals surface area contributed by atoms with Gasteiger partial charge in [-0.1, -0.05) is 0 Å². The van der Waals surface area contributed by atoms with Gasteiger partial charge in [0.15, 0.2) is 37.7 Å². The van der Waals surface area contributed by atoms with E-state index in [1.165, 1.54) is 27.7 Å². The molecule has 0 amide bonds. The average Bonchev–Trinajstić information content (AvgIpc) is 3.22. The third kappa shape index (κ3) is 10.1. The summed E-state index contributed by atoms with van der Waals surface area (Å²) in [5.41, 5.74) is 0. The Bertz CT molecular complexity index is 1370. The summed E-state index contributed by atoms with van der Waals surface area (Å²) in [5.74, 6) is 0. The molecule has 29 atom stereocenters. The maximum Gasteiger partial charge on any atom is 0.187 e. The first kappa shape index (κ1) is 49.4. The lowest BCUT2D eigenvalue weighted by Crippen LogP contribution is -2.68. The van der Waals surface area contributed by atoms with Gasteiger partial charge in [0.1, 0.15) is 116 Å². The highest BCUT2D eigenvalue weighted by atomic mass is 16.8. The predicted molar refractivity (Wildman–Crippen MR) is 187 cm³/mol. The summed E-state index contributed by atoms with van der Waals surface area (Å²) in [5, 5.41) is 160. The van der Waals surface area contributed by atoms with Gasteiger partial charge in [0.05, 0.1) is 37.6 Å². The molecule has 6 aliphatic heterocycles. The van der Waals surface area contributed by atoms with E-state index >= 15 is 0 Å². The lowest BCUT2D eigenvalue weighted by molar-refractivity contribution is -0.410. The Morgan fingerprint density at radius 1 is 0.361 bits per heavy atom. The number of aliphatic hydroxyl groups is 15. The van der Waals surface area contributed by atoms with Crippen molar-refractivity contribution in [2.24, 2.45) is 0 Å². The smallest absolute Gasteiger partial charge is 0.187 e. The number of hydrogen-bond acceptors (Lipinski definition) is 26. The molecule has 6 heterocycles. The molecular weight excluding hydrogens is 836 g/mol. The van der Waals surface area contributed by atoms with Gasteiger partial charge in [0, 0.05) is 0 Å². The third-order valence-electron chi connectivity index (χ3n) is 11.9. The molecule has 0 radical (unpaired) electrons. The van der Waals surface area contributed by atoms with Crippen molar-refractivity contribution in [3.8, 4) is 0 Å². The first-order valence-electron chi connectivity index (χ1n) is 20.0. The van der Waals surface area contributed by atoms with E-state index in [2.05, 4.69) is 0 Å². The van der Waals surface area contributed by atoms with E-state index in [9.17, 15) is 76.6 Å². The first-order chi connectivity index (χ1) is 28.7. The lowest BCUT2D eigenvalue weighted by atomic mass is 9.95. The van der Waals surface area contributed by atoms with Crippen LogP contribution in [0.2, 0.25) is 0 Å². The summed E-state index contributed by atoms with van der Waals surface area (Å²) in [6, 6.07) is 0. The van der Waals surface area contributed by atoms with Gasteiger partial charge in [-0.15, -0.1) is 0 Å². The van der Waals surface area contributed by atoms with Gasteiger partial charge in [-0.3, -0.25) is 0 Å². The van der Waals surface area contributed by atoms with Crippen LogP contribution < -0.4 is 0 Å². The van der Waals surface area contributed by atoms with E-state index in [0.29, 0.717) is 0 Å². The summed E-state index contributed by atoms with van der Waals surface area (Å²) in [7, 11) is 0. The van der Waals surface area contributed by atoms with E-state index in [1.54, 1.807) is 0 Å². The topological polar surface area (TPSA) is 405 Å². The second kappa shape index (κ2) is 20.2. The van der Waals surface area contributed by atoms with Crippen molar-refractivity contribution < 1.29 is 129 Å². The van der Waals surface area contributed by atoms with Gasteiger partial charge < -0.3 is 129 Å². The molecule has 356 valence electrons. The van der Waals surface area contributed by atoms with Crippen LogP contribution in [0.5, 0.6) is 0 Å².